The predicted octanol–water partition coefficient (Wildman–Crippen LogP) is 7.73. The molecule has 9 rings (SSSR count). The highest BCUT2D eigenvalue weighted by Crippen LogP contribution is 2.44. The number of fused-ring (bicyclic) bond motifs is 6. The second-order valence-electron chi connectivity index (χ2n) is 17.6. The van der Waals surface area contributed by atoms with E-state index < -0.39 is 24.3 Å². The first-order chi connectivity index (χ1) is 31.5. The largest absolute Gasteiger partial charge is 0.488 e. The number of nitrogens with zero attached hydrogens (tertiary/aromatic N) is 4. The van der Waals surface area contributed by atoms with Crippen LogP contribution in [0.4, 0.5) is 9.59 Å². The van der Waals surface area contributed by atoms with Crippen molar-refractivity contribution in [3.05, 3.63) is 102 Å². The molecule has 0 bridgehead atoms. The third kappa shape index (κ3) is 8.22. The van der Waals surface area contributed by atoms with Crippen LogP contribution >= 0.6 is 0 Å². The van der Waals surface area contributed by atoms with E-state index in [-0.39, 0.29) is 41.8 Å². The monoisotopic (exact) mass is 882 g/mol. The summed E-state index contributed by atoms with van der Waals surface area (Å²) in [5.74, 6) is 1.61. The third-order valence-corrected chi connectivity index (χ3v) is 13.1. The molecule has 6 atom stereocenters. The molecule has 3 aliphatic rings. The van der Waals surface area contributed by atoms with E-state index >= 15 is 0 Å². The van der Waals surface area contributed by atoms with Gasteiger partial charge in [-0.05, 0) is 84.0 Å². The first kappa shape index (κ1) is 43.3. The molecule has 0 saturated carbocycles. The number of methoxy groups -OCH3 is 3. The summed E-state index contributed by atoms with van der Waals surface area (Å²) in [5.41, 5.74) is 7.09. The Balaban J connectivity index is 0.974. The quantitative estimate of drug-likeness (QED) is 0.100. The lowest BCUT2D eigenvalue weighted by Crippen LogP contribution is -2.52. The number of amides is 4. The molecule has 0 radical (unpaired) electrons. The van der Waals surface area contributed by atoms with Crippen LogP contribution in [0.15, 0.2) is 79.0 Å². The van der Waals surface area contributed by atoms with E-state index in [1.807, 2.05) is 62.1 Å². The Bertz CT molecular complexity index is 2770. The molecule has 4 amide bonds. The van der Waals surface area contributed by atoms with Gasteiger partial charge < -0.3 is 49.3 Å². The van der Waals surface area contributed by atoms with E-state index in [1.165, 1.54) is 14.2 Å². The molecule has 16 nitrogen and oxygen atoms in total. The zero-order valence-electron chi connectivity index (χ0n) is 37.3. The molecule has 0 unspecified atom stereocenters. The molecule has 3 aliphatic heterocycles. The van der Waals surface area contributed by atoms with Gasteiger partial charge in [0, 0.05) is 36.6 Å². The normalized spacial score (nSPS) is 20.0. The van der Waals surface area contributed by atoms with Crippen LogP contribution in [-0.4, -0.2) is 100 Å². The molecule has 65 heavy (non-hydrogen) atoms. The standard InChI is InChI=1S/C49H54N8O8/c1-26(2)41(54-48(60)63-5)47(59)57-27(3)12-17-38(57)45-51-36-16-14-30-20-35-33-15-13-31(19-32(33)25-65-40(35)21-34(30)43(36)53-45)37-22-50-44(52-37)39-18-28(24-62-4)23-56(39)46(58)42(55-49(61)64-6)29-10-8-7-9-11-29/h7-11,13-16,19-22,26-28,38-39,41-42H,12,17-18,23-25H2,1-6H3,(H,50,52)(H,51,53)(H,54,60)(H,55,61)/t27-,28+,38-,39+,41+,42-/m0/s1. The van der Waals surface area contributed by atoms with Gasteiger partial charge in [-0.3, -0.25) is 9.59 Å². The number of alkyl carbamates (subject to hydrolysis) is 2. The highest BCUT2D eigenvalue weighted by molar-refractivity contribution is 6.07. The fourth-order valence-electron chi connectivity index (χ4n) is 9.83. The number of ether oxygens (including phenoxy) is 4. The van der Waals surface area contributed by atoms with Crippen LogP contribution in [-0.2, 0) is 30.4 Å². The van der Waals surface area contributed by atoms with Crippen molar-refractivity contribution in [2.24, 2.45) is 11.8 Å². The van der Waals surface area contributed by atoms with Crippen LogP contribution in [0.25, 0.3) is 44.2 Å². The Hall–Kier alpha value is -6.94. The zero-order valence-corrected chi connectivity index (χ0v) is 37.3. The molecule has 4 aromatic carbocycles. The van der Waals surface area contributed by atoms with Crippen molar-refractivity contribution in [2.45, 2.75) is 76.8 Å². The van der Waals surface area contributed by atoms with Gasteiger partial charge in [-0.15, -0.1) is 0 Å². The fourth-order valence-corrected chi connectivity index (χ4v) is 9.83. The number of aromatic nitrogens is 4. The Labute approximate surface area is 376 Å². The molecule has 0 spiro atoms. The van der Waals surface area contributed by atoms with Crippen molar-refractivity contribution in [3.8, 4) is 28.1 Å². The van der Waals surface area contributed by atoms with Crippen LogP contribution in [0.1, 0.15) is 80.9 Å². The van der Waals surface area contributed by atoms with E-state index in [1.54, 1.807) is 18.2 Å². The van der Waals surface area contributed by atoms with Crippen LogP contribution in [0.2, 0.25) is 0 Å². The summed E-state index contributed by atoms with van der Waals surface area (Å²) in [7, 11) is 4.22. The van der Waals surface area contributed by atoms with Crippen molar-refractivity contribution >= 4 is 45.8 Å². The minimum absolute atomic E-state index is 0.0342. The second kappa shape index (κ2) is 17.9. The lowest BCUT2D eigenvalue weighted by atomic mass is 9.92. The first-order valence-electron chi connectivity index (χ1n) is 22.1. The molecular formula is C49H54N8O8. The van der Waals surface area contributed by atoms with Gasteiger partial charge in [0.15, 0.2) is 0 Å². The summed E-state index contributed by atoms with van der Waals surface area (Å²) < 4.78 is 21.7. The molecule has 16 heteroatoms. The average Bonchev–Trinajstić information content (AvgIpc) is 4.15. The average molecular weight is 883 g/mol. The SMILES string of the molecule is COC[C@@H]1C[C@H](c2ncc(-c3ccc4c(c3)COc3cc5c(ccc6[nH]c([C@@H]7CC[C@H](C)N7C(=O)[C@H](NC(=O)OC)C(C)C)nc65)cc3-4)[nH]2)N(C(=O)[C@@H](NC(=O)OC)c2ccccc2)C1. The molecular weight excluding hydrogens is 829 g/mol. The van der Waals surface area contributed by atoms with Crippen molar-refractivity contribution in [1.29, 1.82) is 0 Å². The number of carbonyl (C=O) groups is 4. The van der Waals surface area contributed by atoms with Gasteiger partial charge in [-0.1, -0.05) is 62.4 Å². The fraction of sp³-hybridized carbons (Fsp3) is 0.388. The second-order valence-corrected chi connectivity index (χ2v) is 17.6. The molecule has 338 valence electrons. The minimum Gasteiger partial charge on any atom is -0.488 e. The number of hydrogen-bond acceptors (Lipinski definition) is 10. The Morgan fingerprint density at radius 2 is 1.65 bits per heavy atom. The molecule has 2 saturated heterocycles. The lowest BCUT2D eigenvalue weighted by Gasteiger charge is -2.32. The van der Waals surface area contributed by atoms with Crippen LogP contribution < -0.4 is 15.4 Å². The molecule has 5 heterocycles. The maximum atomic E-state index is 14.3. The highest BCUT2D eigenvalue weighted by atomic mass is 16.5. The van der Waals surface area contributed by atoms with E-state index in [4.69, 9.17) is 28.9 Å². The Morgan fingerprint density at radius 3 is 2.40 bits per heavy atom. The van der Waals surface area contributed by atoms with Gasteiger partial charge in [0.2, 0.25) is 5.91 Å². The maximum Gasteiger partial charge on any atom is 0.407 e. The van der Waals surface area contributed by atoms with Gasteiger partial charge in [0.05, 0.1) is 55.8 Å². The number of imidazole rings is 2. The van der Waals surface area contributed by atoms with Crippen LogP contribution in [0.3, 0.4) is 0 Å². The van der Waals surface area contributed by atoms with E-state index in [0.717, 1.165) is 68.3 Å². The van der Waals surface area contributed by atoms with Crippen molar-refractivity contribution < 1.29 is 38.1 Å². The van der Waals surface area contributed by atoms with E-state index in [0.29, 0.717) is 43.4 Å². The Kier molecular flexibility index (Phi) is 11.9. The first-order valence-corrected chi connectivity index (χ1v) is 22.1. The van der Waals surface area contributed by atoms with E-state index in [9.17, 15) is 19.2 Å². The number of aromatic amines is 2. The molecule has 2 fully saturated rings. The number of carbonyl (C=O) groups excluding carboxylic acids is 4. The van der Waals surface area contributed by atoms with Crippen LogP contribution in [0, 0.1) is 11.8 Å². The minimum atomic E-state index is -0.948. The number of likely N-dealkylation sites (tertiary alicyclic amines) is 2. The van der Waals surface area contributed by atoms with Gasteiger partial charge in [-0.2, -0.15) is 0 Å². The van der Waals surface area contributed by atoms with Crippen molar-refractivity contribution in [2.75, 3.05) is 34.5 Å². The summed E-state index contributed by atoms with van der Waals surface area (Å²) in [6, 6.07) is 21.3. The highest BCUT2D eigenvalue weighted by Gasteiger charge is 2.43. The van der Waals surface area contributed by atoms with Crippen LogP contribution in [0.5, 0.6) is 5.75 Å². The van der Waals surface area contributed by atoms with Gasteiger partial charge >= 0.3 is 12.2 Å². The summed E-state index contributed by atoms with van der Waals surface area (Å²) in [6.45, 7) is 7.11. The number of nitrogens with one attached hydrogen (secondary N) is 4. The summed E-state index contributed by atoms with van der Waals surface area (Å²) in [6.07, 6.45) is 2.64. The molecule has 0 aliphatic carbocycles. The number of H-pyrrole nitrogens is 2. The predicted molar refractivity (Wildman–Crippen MR) is 243 cm³/mol. The van der Waals surface area contributed by atoms with Gasteiger partial charge in [0.1, 0.15) is 36.1 Å². The van der Waals surface area contributed by atoms with Crippen molar-refractivity contribution in [1.82, 2.24) is 40.4 Å². The van der Waals surface area contributed by atoms with Crippen molar-refractivity contribution in [3.63, 3.8) is 0 Å². The summed E-state index contributed by atoms with van der Waals surface area (Å²) in [4.78, 5) is 73.5. The topological polar surface area (TPSA) is 193 Å². The molecule has 4 N–H and O–H groups in total. The number of rotatable bonds is 11. The third-order valence-electron chi connectivity index (χ3n) is 13.1. The Morgan fingerprint density at radius 1 is 0.862 bits per heavy atom. The molecule has 2 aromatic heterocycles. The zero-order chi connectivity index (χ0) is 45.5. The smallest absolute Gasteiger partial charge is 0.407 e. The molecule has 6 aromatic rings. The maximum absolute atomic E-state index is 14.3. The number of benzene rings is 4. The summed E-state index contributed by atoms with van der Waals surface area (Å²) in [5, 5.41) is 7.42. The summed E-state index contributed by atoms with van der Waals surface area (Å²) >= 11 is 0. The lowest BCUT2D eigenvalue weighted by molar-refractivity contribution is -0.137. The van der Waals surface area contributed by atoms with Gasteiger partial charge in [0.25, 0.3) is 5.91 Å². The number of hydrogen-bond donors (Lipinski definition) is 4. The van der Waals surface area contributed by atoms with E-state index in [2.05, 4.69) is 57.0 Å². The van der Waals surface area contributed by atoms with Gasteiger partial charge in [-0.25, -0.2) is 19.6 Å².